The monoisotopic (exact) mass is 208 g/mol. The van der Waals surface area contributed by atoms with E-state index in [0.29, 0.717) is 23.3 Å². The summed E-state index contributed by atoms with van der Waals surface area (Å²) in [6.45, 7) is 0.282. The van der Waals surface area contributed by atoms with E-state index in [1.807, 2.05) is 6.07 Å². The molecule has 15 heavy (non-hydrogen) atoms. The molecule has 1 aromatic rings. The molecular formula is C10H12N2O3. The predicted octanol–water partition coefficient (Wildman–Crippen LogP) is 0.705. The van der Waals surface area contributed by atoms with Crippen LogP contribution in [0, 0.1) is 11.3 Å². The van der Waals surface area contributed by atoms with Crippen molar-refractivity contribution in [1.29, 1.82) is 5.26 Å². The molecule has 0 spiro atoms. The molecule has 0 fully saturated rings. The molecule has 3 N–H and O–H groups in total. The van der Waals surface area contributed by atoms with E-state index in [-0.39, 0.29) is 12.4 Å². The van der Waals surface area contributed by atoms with Gasteiger partial charge in [-0.05, 0) is 11.6 Å². The number of hydrogen-bond acceptors (Lipinski definition) is 5. The molecule has 0 radical (unpaired) electrons. The maximum absolute atomic E-state index is 9.58. The number of nitriles is 1. The number of nitrogens with two attached hydrogens (primary N) is 1. The summed E-state index contributed by atoms with van der Waals surface area (Å²) in [4.78, 5) is 4.41. The topological polar surface area (TPSA) is 88.5 Å². The molecule has 0 saturated heterocycles. The highest BCUT2D eigenvalue weighted by Gasteiger charge is 2.09. The van der Waals surface area contributed by atoms with Crippen molar-refractivity contribution in [1.82, 2.24) is 0 Å². The van der Waals surface area contributed by atoms with Crippen LogP contribution >= 0.6 is 0 Å². The van der Waals surface area contributed by atoms with Gasteiger partial charge >= 0.3 is 0 Å². The number of rotatable bonds is 4. The Morgan fingerprint density at radius 2 is 2.27 bits per heavy atom. The summed E-state index contributed by atoms with van der Waals surface area (Å²) in [5, 5.41) is 18.4. The average molecular weight is 208 g/mol. The van der Waals surface area contributed by atoms with Crippen LogP contribution in [-0.4, -0.2) is 18.8 Å². The minimum Gasteiger partial charge on any atom is -0.508 e. The van der Waals surface area contributed by atoms with Crippen molar-refractivity contribution in [3.05, 3.63) is 23.3 Å². The molecule has 0 aliphatic heterocycles. The van der Waals surface area contributed by atoms with Crippen molar-refractivity contribution in [3.8, 4) is 17.6 Å². The lowest BCUT2D eigenvalue weighted by atomic mass is 10.1. The minimum atomic E-state index is 0.0721. The molecule has 0 bridgehead atoms. The lowest BCUT2D eigenvalue weighted by molar-refractivity contribution is 0.140. The first-order chi connectivity index (χ1) is 7.22. The standard InChI is InChI=1S/C10H12N2O3/c1-14-10-5-9(13)7(2-3-15-12)4-8(10)6-11/h4-5,13H,2-3,12H2,1H3. The van der Waals surface area contributed by atoms with Crippen LogP contribution in [0.5, 0.6) is 11.5 Å². The fourth-order valence-corrected chi connectivity index (χ4v) is 1.24. The first-order valence-corrected chi connectivity index (χ1v) is 4.34. The van der Waals surface area contributed by atoms with Gasteiger partial charge in [0.15, 0.2) is 0 Å². The van der Waals surface area contributed by atoms with Crippen molar-refractivity contribution in [2.45, 2.75) is 6.42 Å². The SMILES string of the molecule is COc1cc(O)c(CCON)cc1C#N. The quantitative estimate of drug-likeness (QED) is 0.711. The van der Waals surface area contributed by atoms with Crippen LogP contribution in [0.1, 0.15) is 11.1 Å². The Hall–Kier alpha value is -1.77. The summed E-state index contributed by atoms with van der Waals surface area (Å²) in [6.07, 6.45) is 0.445. The van der Waals surface area contributed by atoms with Crippen LogP contribution in [0.2, 0.25) is 0 Å². The molecule has 80 valence electrons. The summed E-state index contributed by atoms with van der Waals surface area (Å²) in [5.41, 5.74) is 0.986. The maximum Gasteiger partial charge on any atom is 0.140 e. The Kier molecular flexibility index (Phi) is 3.92. The van der Waals surface area contributed by atoms with Crippen LogP contribution in [0.4, 0.5) is 0 Å². The zero-order valence-electron chi connectivity index (χ0n) is 8.36. The van der Waals surface area contributed by atoms with E-state index < -0.39 is 0 Å². The zero-order valence-corrected chi connectivity index (χ0v) is 8.36. The Morgan fingerprint density at radius 1 is 1.53 bits per heavy atom. The first-order valence-electron chi connectivity index (χ1n) is 4.34. The summed E-state index contributed by atoms with van der Waals surface area (Å²) in [7, 11) is 1.44. The number of aromatic hydroxyl groups is 1. The third-order valence-electron chi connectivity index (χ3n) is 2.01. The van der Waals surface area contributed by atoms with Crippen LogP contribution in [-0.2, 0) is 11.3 Å². The first kappa shape index (κ1) is 11.3. The van der Waals surface area contributed by atoms with E-state index in [9.17, 15) is 5.11 Å². The number of benzene rings is 1. The van der Waals surface area contributed by atoms with E-state index in [1.165, 1.54) is 13.2 Å². The van der Waals surface area contributed by atoms with Gasteiger partial charge in [-0.3, -0.25) is 0 Å². The van der Waals surface area contributed by atoms with Crippen molar-refractivity contribution in [3.63, 3.8) is 0 Å². The van der Waals surface area contributed by atoms with Gasteiger partial charge in [0.1, 0.15) is 17.6 Å². The summed E-state index contributed by atoms with van der Waals surface area (Å²) in [6, 6.07) is 4.95. The Bertz CT molecular complexity index is 385. The predicted molar refractivity (Wildman–Crippen MR) is 53.2 cm³/mol. The van der Waals surface area contributed by atoms with Crippen molar-refractivity contribution < 1.29 is 14.7 Å². The second-order valence-electron chi connectivity index (χ2n) is 2.91. The molecule has 0 atom stereocenters. The molecule has 0 heterocycles. The smallest absolute Gasteiger partial charge is 0.140 e. The van der Waals surface area contributed by atoms with E-state index >= 15 is 0 Å². The van der Waals surface area contributed by atoms with Crippen molar-refractivity contribution in [2.24, 2.45) is 5.90 Å². The third-order valence-corrected chi connectivity index (χ3v) is 2.01. The molecule has 5 heteroatoms. The molecule has 0 amide bonds. The van der Waals surface area contributed by atoms with Gasteiger partial charge in [-0.15, -0.1) is 0 Å². The normalized spacial score (nSPS) is 9.67. The van der Waals surface area contributed by atoms with Gasteiger partial charge in [-0.2, -0.15) is 5.26 Å². The van der Waals surface area contributed by atoms with Crippen LogP contribution in [0.15, 0.2) is 12.1 Å². The number of hydrogen-bond donors (Lipinski definition) is 2. The molecule has 0 aliphatic carbocycles. The highest BCUT2D eigenvalue weighted by molar-refractivity contribution is 5.51. The fraction of sp³-hybridized carbons (Fsp3) is 0.300. The van der Waals surface area contributed by atoms with Gasteiger partial charge < -0.3 is 14.7 Å². The molecule has 5 nitrogen and oxygen atoms in total. The van der Waals surface area contributed by atoms with Gasteiger partial charge in [0.05, 0.1) is 19.3 Å². The Morgan fingerprint density at radius 3 is 2.80 bits per heavy atom. The largest absolute Gasteiger partial charge is 0.508 e. The second-order valence-corrected chi connectivity index (χ2v) is 2.91. The molecule has 1 aromatic carbocycles. The lowest BCUT2D eigenvalue weighted by Gasteiger charge is -2.08. The van der Waals surface area contributed by atoms with E-state index in [1.54, 1.807) is 6.07 Å². The molecule has 0 aromatic heterocycles. The van der Waals surface area contributed by atoms with Gasteiger partial charge in [-0.25, -0.2) is 5.90 Å². The third kappa shape index (κ3) is 2.59. The van der Waals surface area contributed by atoms with Gasteiger partial charge in [-0.1, -0.05) is 0 Å². The van der Waals surface area contributed by atoms with Crippen LogP contribution in [0.25, 0.3) is 0 Å². The number of nitrogens with zero attached hydrogens (tertiary/aromatic N) is 1. The lowest BCUT2D eigenvalue weighted by Crippen LogP contribution is -2.04. The number of methoxy groups -OCH3 is 1. The summed E-state index contributed by atoms with van der Waals surface area (Å²) < 4.78 is 4.94. The van der Waals surface area contributed by atoms with Gasteiger partial charge in [0.25, 0.3) is 0 Å². The van der Waals surface area contributed by atoms with E-state index in [0.717, 1.165) is 0 Å². The molecule has 0 unspecified atom stereocenters. The fourth-order valence-electron chi connectivity index (χ4n) is 1.24. The molecular weight excluding hydrogens is 196 g/mol. The zero-order chi connectivity index (χ0) is 11.3. The van der Waals surface area contributed by atoms with E-state index in [4.69, 9.17) is 15.9 Å². The highest BCUT2D eigenvalue weighted by atomic mass is 16.6. The maximum atomic E-state index is 9.58. The minimum absolute atomic E-state index is 0.0721. The number of ether oxygens (including phenoxy) is 1. The van der Waals surface area contributed by atoms with Crippen LogP contribution in [0.3, 0.4) is 0 Å². The Balaban J connectivity index is 3.04. The highest BCUT2D eigenvalue weighted by Crippen LogP contribution is 2.27. The Labute approximate surface area is 87.6 Å². The average Bonchev–Trinajstić information content (AvgIpc) is 2.27. The second kappa shape index (κ2) is 5.20. The number of phenolic OH excluding ortho intramolecular Hbond substituents is 1. The van der Waals surface area contributed by atoms with Crippen molar-refractivity contribution >= 4 is 0 Å². The van der Waals surface area contributed by atoms with Crippen molar-refractivity contribution in [2.75, 3.05) is 13.7 Å². The van der Waals surface area contributed by atoms with Gasteiger partial charge in [0, 0.05) is 12.5 Å². The number of phenols is 1. The summed E-state index contributed by atoms with van der Waals surface area (Å²) in [5.74, 6) is 5.31. The molecule has 0 saturated carbocycles. The molecule has 0 aliphatic rings. The van der Waals surface area contributed by atoms with Crippen LogP contribution < -0.4 is 10.6 Å². The van der Waals surface area contributed by atoms with Gasteiger partial charge in [0.2, 0.25) is 0 Å². The molecule has 1 rings (SSSR count). The van der Waals surface area contributed by atoms with E-state index in [2.05, 4.69) is 4.84 Å². The summed E-state index contributed by atoms with van der Waals surface area (Å²) >= 11 is 0.